The second-order valence-corrected chi connectivity index (χ2v) is 7.79. The normalized spacial score (nSPS) is 21.0. The molecule has 1 aliphatic heterocycles. The van der Waals surface area contributed by atoms with Crippen LogP contribution in [0.4, 0.5) is 5.69 Å². The van der Waals surface area contributed by atoms with Crippen LogP contribution in [-0.2, 0) is 6.42 Å². The summed E-state index contributed by atoms with van der Waals surface area (Å²) < 4.78 is 0. The first kappa shape index (κ1) is 13.9. The smallest absolute Gasteiger partial charge is 0.0591 e. The maximum absolute atomic E-state index is 2.64. The highest BCUT2D eigenvalue weighted by Crippen LogP contribution is 2.49. The van der Waals surface area contributed by atoms with Crippen LogP contribution in [0.3, 0.4) is 0 Å². The quantitative estimate of drug-likeness (QED) is 0.709. The van der Waals surface area contributed by atoms with Crippen molar-refractivity contribution >= 4 is 5.69 Å². The van der Waals surface area contributed by atoms with Crippen LogP contribution in [0.5, 0.6) is 0 Å². The molecule has 0 amide bonds. The molecule has 1 nitrogen and oxygen atoms in total. The molecule has 1 saturated carbocycles. The number of rotatable bonds is 2. The van der Waals surface area contributed by atoms with E-state index in [0.29, 0.717) is 6.04 Å². The molecule has 0 spiro atoms. The predicted molar refractivity (Wildman–Crippen MR) is 93.5 cm³/mol. The van der Waals surface area contributed by atoms with Crippen molar-refractivity contribution in [2.45, 2.75) is 57.5 Å². The molecule has 1 heterocycles. The fourth-order valence-electron chi connectivity index (χ4n) is 4.04. The molecule has 0 N–H and O–H groups in total. The van der Waals surface area contributed by atoms with Crippen LogP contribution < -0.4 is 4.90 Å². The van der Waals surface area contributed by atoms with Crippen LogP contribution in [0.15, 0.2) is 48.5 Å². The summed E-state index contributed by atoms with van der Waals surface area (Å²) >= 11 is 0. The van der Waals surface area contributed by atoms with Crippen LogP contribution >= 0.6 is 0 Å². The van der Waals surface area contributed by atoms with E-state index in [1.54, 1.807) is 11.1 Å². The third kappa shape index (κ3) is 2.24. The topological polar surface area (TPSA) is 3.24 Å². The van der Waals surface area contributed by atoms with Crippen molar-refractivity contribution in [1.29, 1.82) is 0 Å². The summed E-state index contributed by atoms with van der Waals surface area (Å²) in [6.07, 6.45) is 3.87. The molecular formula is C21H25N. The largest absolute Gasteiger partial charge is 0.359 e. The Morgan fingerprint density at radius 2 is 1.50 bits per heavy atom. The van der Waals surface area contributed by atoms with Gasteiger partial charge in [0.1, 0.15) is 0 Å². The monoisotopic (exact) mass is 291 g/mol. The van der Waals surface area contributed by atoms with E-state index >= 15 is 0 Å². The summed E-state index contributed by atoms with van der Waals surface area (Å²) in [7, 11) is 0. The minimum Gasteiger partial charge on any atom is -0.359 e. The number of hydrogen-bond donors (Lipinski definition) is 0. The molecule has 0 bridgehead atoms. The summed E-state index contributed by atoms with van der Waals surface area (Å²) in [5, 5.41) is 0. The lowest BCUT2D eigenvalue weighted by Gasteiger charge is -2.40. The fraction of sp³-hybridized carbons (Fsp3) is 0.429. The average molecular weight is 291 g/mol. The van der Waals surface area contributed by atoms with Gasteiger partial charge in [0.05, 0.1) is 6.04 Å². The van der Waals surface area contributed by atoms with Crippen molar-refractivity contribution in [3.05, 3.63) is 65.2 Å². The Kier molecular flexibility index (Phi) is 3.07. The van der Waals surface area contributed by atoms with Gasteiger partial charge in [0.2, 0.25) is 0 Å². The number of fused-ring (bicyclic) bond motifs is 1. The Labute approximate surface area is 134 Å². The van der Waals surface area contributed by atoms with Crippen LogP contribution in [0.2, 0.25) is 0 Å². The molecule has 0 radical (unpaired) electrons. The van der Waals surface area contributed by atoms with E-state index in [9.17, 15) is 0 Å². The number of benzene rings is 2. The zero-order valence-electron chi connectivity index (χ0n) is 13.8. The van der Waals surface area contributed by atoms with E-state index in [4.69, 9.17) is 0 Å². The number of nitrogens with zero attached hydrogens (tertiary/aromatic N) is 1. The highest BCUT2D eigenvalue weighted by atomic mass is 15.2. The predicted octanol–water partition coefficient (Wildman–Crippen LogP) is 5.47. The number of para-hydroxylation sites is 1. The molecule has 4 rings (SSSR count). The third-order valence-corrected chi connectivity index (χ3v) is 5.07. The molecule has 1 fully saturated rings. The van der Waals surface area contributed by atoms with Crippen LogP contribution in [0.25, 0.3) is 0 Å². The zero-order chi connectivity index (χ0) is 15.3. The minimum absolute atomic E-state index is 0.133. The lowest BCUT2D eigenvalue weighted by molar-refractivity contribution is 0.459. The van der Waals surface area contributed by atoms with Crippen molar-refractivity contribution in [1.82, 2.24) is 0 Å². The van der Waals surface area contributed by atoms with Crippen LogP contribution in [0, 0.1) is 0 Å². The molecule has 1 unspecified atom stereocenters. The summed E-state index contributed by atoms with van der Waals surface area (Å²) in [5.41, 5.74) is 6.19. The fourth-order valence-corrected chi connectivity index (χ4v) is 4.04. The van der Waals surface area contributed by atoms with Crippen molar-refractivity contribution in [2.24, 2.45) is 0 Å². The maximum atomic E-state index is 2.64. The number of hydrogen-bond acceptors (Lipinski definition) is 1. The van der Waals surface area contributed by atoms with E-state index in [1.807, 2.05) is 0 Å². The van der Waals surface area contributed by atoms with Gasteiger partial charge in [-0.15, -0.1) is 0 Å². The first-order valence-corrected chi connectivity index (χ1v) is 8.52. The van der Waals surface area contributed by atoms with Gasteiger partial charge in [-0.3, -0.25) is 0 Å². The first-order chi connectivity index (χ1) is 10.6. The van der Waals surface area contributed by atoms with Crippen LogP contribution in [0.1, 0.15) is 62.3 Å². The molecule has 22 heavy (non-hydrogen) atoms. The molecule has 1 heteroatoms. The Hall–Kier alpha value is -1.76. The van der Waals surface area contributed by atoms with E-state index < -0.39 is 0 Å². The summed E-state index contributed by atoms with van der Waals surface area (Å²) in [4.78, 5) is 2.64. The van der Waals surface area contributed by atoms with E-state index in [0.717, 1.165) is 12.3 Å². The van der Waals surface area contributed by atoms with Gasteiger partial charge in [0.25, 0.3) is 0 Å². The Balaban J connectivity index is 1.82. The SMILES string of the molecule is CC(C)(C)N1c2ccccc2CC1c1ccccc1C1CC1. The Bertz CT molecular complexity index is 691. The van der Waals surface area contributed by atoms with Gasteiger partial charge in [-0.1, -0.05) is 42.5 Å². The maximum Gasteiger partial charge on any atom is 0.0591 e. The molecule has 1 atom stereocenters. The summed E-state index contributed by atoms with van der Waals surface area (Å²) in [5.74, 6) is 0.807. The van der Waals surface area contributed by atoms with Crippen molar-refractivity contribution in [3.63, 3.8) is 0 Å². The molecular weight excluding hydrogens is 266 g/mol. The van der Waals surface area contributed by atoms with Gasteiger partial charge in [0, 0.05) is 11.2 Å². The third-order valence-electron chi connectivity index (χ3n) is 5.07. The van der Waals surface area contributed by atoms with Gasteiger partial charge >= 0.3 is 0 Å². The van der Waals surface area contributed by atoms with Crippen molar-refractivity contribution < 1.29 is 0 Å². The lowest BCUT2D eigenvalue weighted by Crippen LogP contribution is -2.42. The highest BCUT2D eigenvalue weighted by Gasteiger charge is 2.39. The molecule has 2 aromatic rings. The second-order valence-electron chi connectivity index (χ2n) is 7.79. The van der Waals surface area contributed by atoms with Gasteiger partial charge in [-0.25, -0.2) is 0 Å². The van der Waals surface area contributed by atoms with Gasteiger partial charge in [-0.05, 0) is 68.7 Å². The van der Waals surface area contributed by atoms with Crippen molar-refractivity contribution in [3.8, 4) is 0 Å². The molecule has 114 valence electrons. The summed E-state index contributed by atoms with van der Waals surface area (Å²) in [6, 6.07) is 18.6. The van der Waals surface area contributed by atoms with E-state index in [2.05, 4.69) is 74.2 Å². The standard InChI is InChI=1S/C21H25N/c1-21(2,3)22-19-11-7-4-8-16(19)14-20(22)18-10-6-5-9-17(18)15-12-13-15/h4-11,15,20H,12-14H2,1-3H3. The molecule has 0 saturated heterocycles. The zero-order valence-corrected chi connectivity index (χ0v) is 13.8. The molecule has 1 aliphatic carbocycles. The van der Waals surface area contributed by atoms with Crippen molar-refractivity contribution in [2.75, 3.05) is 4.90 Å². The van der Waals surface area contributed by atoms with Gasteiger partial charge in [-0.2, -0.15) is 0 Å². The Morgan fingerprint density at radius 1 is 0.864 bits per heavy atom. The second kappa shape index (κ2) is 4.87. The number of anilines is 1. The highest BCUT2D eigenvalue weighted by molar-refractivity contribution is 5.63. The van der Waals surface area contributed by atoms with Gasteiger partial charge < -0.3 is 4.90 Å². The van der Waals surface area contributed by atoms with Gasteiger partial charge in [0.15, 0.2) is 0 Å². The van der Waals surface area contributed by atoms with Crippen LogP contribution in [-0.4, -0.2) is 5.54 Å². The minimum atomic E-state index is 0.133. The van der Waals surface area contributed by atoms with E-state index in [1.165, 1.54) is 24.1 Å². The average Bonchev–Trinajstić information content (AvgIpc) is 3.25. The molecule has 2 aliphatic rings. The molecule has 2 aromatic carbocycles. The molecule has 0 aromatic heterocycles. The lowest BCUT2D eigenvalue weighted by atomic mass is 9.92. The first-order valence-electron chi connectivity index (χ1n) is 8.52. The van der Waals surface area contributed by atoms with E-state index in [-0.39, 0.29) is 5.54 Å². The Morgan fingerprint density at radius 3 is 2.18 bits per heavy atom. The summed E-state index contributed by atoms with van der Waals surface area (Å²) in [6.45, 7) is 7.01.